The summed E-state index contributed by atoms with van der Waals surface area (Å²) in [5, 5.41) is 19.5. The number of aromatic nitrogens is 4. The second kappa shape index (κ2) is 10.1. The first-order valence-electron chi connectivity index (χ1n) is 10.6. The van der Waals surface area contributed by atoms with Gasteiger partial charge in [-0.1, -0.05) is 11.8 Å². The standard InChI is InChI=1S/C22H29N5O5S/c1-22(2,3)6-4-7-27-8-5-18(26-27)21(29)17-12-24-14-25-19(17)10-15-9-16(20(28)11-15)13-32-33(23,30)31/h5,8,12,14-16,20,28H,7,9-11,13H2,1-3H3,(H2,23,30,31)/t15-,16+,20-/m0/s1. The van der Waals surface area contributed by atoms with Crippen molar-refractivity contribution in [3.8, 4) is 11.8 Å². The molecule has 3 N–H and O–H groups in total. The number of carbonyl (C=O) groups is 1. The highest BCUT2D eigenvalue weighted by molar-refractivity contribution is 7.84. The number of nitrogens with two attached hydrogens (primary N) is 1. The number of carbonyl (C=O) groups excluding carboxylic acids is 1. The Kier molecular flexibility index (Phi) is 7.64. The zero-order valence-corrected chi connectivity index (χ0v) is 19.7. The monoisotopic (exact) mass is 475 g/mol. The van der Waals surface area contributed by atoms with Crippen LogP contribution in [-0.4, -0.2) is 51.8 Å². The minimum atomic E-state index is -4.07. The average Bonchev–Trinajstić information content (AvgIpc) is 3.31. The van der Waals surface area contributed by atoms with Crippen LogP contribution in [0.4, 0.5) is 0 Å². The maximum absolute atomic E-state index is 13.1. The van der Waals surface area contributed by atoms with E-state index in [1.54, 1.807) is 16.9 Å². The maximum atomic E-state index is 13.1. The minimum Gasteiger partial charge on any atom is -0.393 e. The van der Waals surface area contributed by atoms with Crippen LogP contribution in [0.15, 0.2) is 24.8 Å². The smallest absolute Gasteiger partial charge is 0.333 e. The highest BCUT2D eigenvalue weighted by Crippen LogP contribution is 2.34. The lowest BCUT2D eigenvalue weighted by Crippen LogP contribution is -2.24. The number of aliphatic hydroxyl groups excluding tert-OH is 1. The van der Waals surface area contributed by atoms with E-state index >= 15 is 0 Å². The molecule has 2 heterocycles. The van der Waals surface area contributed by atoms with Gasteiger partial charge in [-0.25, -0.2) is 15.1 Å². The number of rotatable bonds is 8. The Labute approximate surface area is 193 Å². The second-order valence-electron chi connectivity index (χ2n) is 9.31. The first-order valence-corrected chi connectivity index (χ1v) is 12.1. The van der Waals surface area contributed by atoms with E-state index in [1.807, 2.05) is 20.8 Å². The Morgan fingerprint density at radius 2 is 2.12 bits per heavy atom. The number of hydrogen-bond donors (Lipinski definition) is 2. The van der Waals surface area contributed by atoms with Crippen molar-refractivity contribution in [1.82, 2.24) is 19.7 Å². The third-order valence-electron chi connectivity index (χ3n) is 5.30. The van der Waals surface area contributed by atoms with Crippen molar-refractivity contribution in [2.24, 2.45) is 22.4 Å². The van der Waals surface area contributed by atoms with E-state index in [1.165, 1.54) is 12.5 Å². The normalized spacial score (nSPS) is 20.9. The molecule has 2 aromatic rings. The number of aliphatic hydroxyl groups is 1. The van der Waals surface area contributed by atoms with E-state index < -0.39 is 16.4 Å². The van der Waals surface area contributed by atoms with Crippen LogP contribution < -0.4 is 5.14 Å². The van der Waals surface area contributed by atoms with Gasteiger partial charge in [0.05, 0.1) is 24.0 Å². The fraction of sp³-hybridized carbons (Fsp3) is 0.545. The third-order valence-corrected chi connectivity index (χ3v) is 5.77. The van der Waals surface area contributed by atoms with Gasteiger partial charge in [-0.05, 0) is 52.0 Å². The van der Waals surface area contributed by atoms with Crippen LogP contribution in [0.2, 0.25) is 0 Å². The van der Waals surface area contributed by atoms with Crippen molar-refractivity contribution in [3.05, 3.63) is 41.7 Å². The summed E-state index contributed by atoms with van der Waals surface area (Å²) in [6.07, 6.45) is 5.23. The third kappa shape index (κ3) is 7.43. The van der Waals surface area contributed by atoms with Crippen LogP contribution in [0.25, 0.3) is 0 Å². The molecule has 1 fully saturated rings. The van der Waals surface area contributed by atoms with Crippen LogP contribution >= 0.6 is 0 Å². The lowest BCUT2D eigenvalue weighted by Gasteiger charge is -2.13. The number of hydrogen-bond acceptors (Lipinski definition) is 8. The van der Waals surface area contributed by atoms with Crippen LogP contribution in [0, 0.1) is 29.1 Å². The molecule has 0 unspecified atom stereocenters. The van der Waals surface area contributed by atoms with Gasteiger partial charge in [0.15, 0.2) is 0 Å². The molecular weight excluding hydrogens is 446 g/mol. The summed E-state index contributed by atoms with van der Waals surface area (Å²) in [7, 11) is -4.07. The van der Waals surface area contributed by atoms with E-state index in [0.717, 1.165) is 0 Å². The van der Waals surface area contributed by atoms with Crippen molar-refractivity contribution in [2.45, 2.75) is 52.7 Å². The molecule has 0 bridgehead atoms. The highest BCUT2D eigenvalue weighted by atomic mass is 32.2. The summed E-state index contributed by atoms with van der Waals surface area (Å²) < 4.78 is 28.3. The Morgan fingerprint density at radius 3 is 2.82 bits per heavy atom. The molecule has 3 atom stereocenters. The van der Waals surface area contributed by atoms with Gasteiger partial charge in [-0.3, -0.25) is 13.7 Å². The summed E-state index contributed by atoms with van der Waals surface area (Å²) >= 11 is 0. The molecule has 0 radical (unpaired) electrons. The zero-order valence-electron chi connectivity index (χ0n) is 18.9. The summed E-state index contributed by atoms with van der Waals surface area (Å²) in [4.78, 5) is 21.4. The van der Waals surface area contributed by atoms with Gasteiger partial charge in [0.2, 0.25) is 5.78 Å². The van der Waals surface area contributed by atoms with Gasteiger partial charge < -0.3 is 5.11 Å². The molecule has 10 nitrogen and oxygen atoms in total. The van der Waals surface area contributed by atoms with Gasteiger partial charge in [0.25, 0.3) is 0 Å². The van der Waals surface area contributed by atoms with Gasteiger partial charge >= 0.3 is 10.3 Å². The topological polar surface area (TPSA) is 150 Å². The quantitative estimate of drug-likeness (QED) is 0.426. The molecule has 0 aromatic carbocycles. The second-order valence-corrected chi connectivity index (χ2v) is 10.5. The van der Waals surface area contributed by atoms with Crippen LogP contribution in [0.3, 0.4) is 0 Å². The van der Waals surface area contributed by atoms with Gasteiger partial charge in [0, 0.05) is 23.7 Å². The zero-order chi connectivity index (χ0) is 24.2. The van der Waals surface area contributed by atoms with Gasteiger partial charge in [-0.2, -0.15) is 13.5 Å². The van der Waals surface area contributed by atoms with Crippen molar-refractivity contribution in [2.75, 3.05) is 6.61 Å². The molecule has 0 amide bonds. The van der Waals surface area contributed by atoms with Crippen LogP contribution in [0.1, 0.15) is 55.4 Å². The molecule has 0 spiro atoms. The molecular formula is C22H29N5O5S. The van der Waals surface area contributed by atoms with Crippen molar-refractivity contribution in [1.29, 1.82) is 0 Å². The minimum absolute atomic E-state index is 0.000702. The summed E-state index contributed by atoms with van der Waals surface area (Å²) in [6, 6.07) is 1.64. The molecule has 33 heavy (non-hydrogen) atoms. The van der Waals surface area contributed by atoms with E-state index in [0.29, 0.717) is 37.1 Å². The van der Waals surface area contributed by atoms with Crippen molar-refractivity contribution in [3.63, 3.8) is 0 Å². The van der Waals surface area contributed by atoms with Crippen molar-refractivity contribution < 1.29 is 22.5 Å². The van der Waals surface area contributed by atoms with E-state index in [4.69, 9.17) is 5.14 Å². The molecule has 1 aliphatic rings. The molecule has 1 saturated carbocycles. The van der Waals surface area contributed by atoms with Crippen molar-refractivity contribution >= 4 is 16.1 Å². The molecule has 2 aromatic heterocycles. The number of nitrogens with zero attached hydrogens (tertiary/aromatic N) is 4. The molecule has 11 heteroatoms. The largest absolute Gasteiger partial charge is 0.393 e. The summed E-state index contributed by atoms with van der Waals surface area (Å²) in [6.45, 7) is 6.27. The predicted octanol–water partition coefficient (Wildman–Crippen LogP) is 1.10. The molecule has 3 rings (SSSR count). The van der Waals surface area contributed by atoms with Crippen LogP contribution in [0.5, 0.6) is 0 Å². The van der Waals surface area contributed by atoms with Crippen LogP contribution in [-0.2, 0) is 27.5 Å². The number of ketones is 1. The molecule has 0 saturated heterocycles. The molecule has 0 aliphatic heterocycles. The summed E-state index contributed by atoms with van der Waals surface area (Å²) in [5.74, 6) is 5.53. The lowest BCUT2D eigenvalue weighted by molar-refractivity contribution is 0.100. The highest BCUT2D eigenvalue weighted by Gasteiger charge is 2.35. The first kappa shape index (κ1) is 25.0. The molecule has 178 valence electrons. The Bertz CT molecular complexity index is 1160. The lowest BCUT2D eigenvalue weighted by atomic mass is 9.96. The Morgan fingerprint density at radius 1 is 1.36 bits per heavy atom. The fourth-order valence-corrected chi connectivity index (χ4v) is 4.18. The molecule has 1 aliphatic carbocycles. The maximum Gasteiger partial charge on any atom is 0.333 e. The van der Waals surface area contributed by atoms with E-state index in [2.05, 4.69) is 31.1 Å². The first-order chi connectivity index (χ1) is 15.4. The Balaban J connectivity index is 1.68. The van der Waals surface area contributed by atoms with Gasteiger partial charge in [-0.15, -0.1) is 0 Å². The summed E-state index contributed by atoms with van der Waals surface area (Å²) in [5.41, 5.74) is 1.07. The average molecular weight is 476 g/mol. The fourth-order valence-electron chi connectivity index (χ4n) is 3.82. The van der Waals surface area contributed by atoms with E-state index in [-0.39, 0.29) is 35.3 Å². The predicted molar refractivity (Wildman–Crippen MR) is 120 cm³/mol. The Hall–Kier alpha value is -2.65. The van der Waals surface area contributed by atoms with E-state index in [9.17, 15) is 18.3 Å². The van der Waals surface area contributed by atoms with Gasteiger partial charge in [0.1, 0.15) is 18.6 Å². The SMILES string of the molecule is CC(C)(C)C#CCn1ccc(C(=O)c2cncnc2C[C@@H]2C[C@H](COS(N)(=O)=O)[C@@H](O)C2)n1.